The van der Waals surface area contributed by atoms with Gasteiger partial charge in [0.25, 0.3) is 0 Å². The average molecular weight is 494 g/mol. The number of pyridine rings is 1. The van der Waals surface area contributed by atoms with E-state index in [0.717, 1.165) is 50.1 Å². The lowest BCUT2D eigenvalue weighted by atomic mass is 10.0. The number of nitrogens with two attached hydrogens (primary N) is 1. The second kappa shape index (κ2) is 18.5. The molecule has 1 unspecified atom stereocenters. The van der Waals surface area contributed by atoms with E-state index in [1.165, 1.54) is 22.3 Å². The number of thioether (sulfide) groups is 1. The number of aromatic nitrogens is 1. The molecule has 1 atom stereocenters. The smallest absolute Gasteiger partial charge is 0.207 e. The van der Waals surface area contributed by atoms with Crippen molar-refractivity contribution in [3.8, 4) is 6.19 Å². The molecule has 0 aliphatic heterocycles. The van der Waals surface area contributed by atoms with Gasteiger partial charge in [-0.05, 0) is 85.3 Å². The minimum atomic E-state index is -0.237. The van der Waals surface area contributed by atoms with Crippen molar-refractivity contribution in [1.29, 1.82) is 5.26 Å². The third kappa shape index (κ3) is 15.7. The topological polar surface area (TPSA) is 87.1 Å². The summed E-state index contributed by atoms with van der Waals surface area (Å²) in [5.41, 5.74) is 11.7. The molecule has 0 saturated carbocycles. The number of nitrogens with zero attached hydrogens (tertiary/aromatic N) is 3. The van der Waals surface area contributed by atoms with E-state index >= 15 is 0 Å². The number of hydrogen-bond acceptors (Lipinski definition) is 5. The van der Waals surface area contributed by atoms with Crippen LogP contribution in [0, 0.1) is 11.5 Å². The van der Waals surface area contributed by atoms with Gasteiger partial charge in [0, 0.05) is 17.7 Å². The molecule has 35 heavy (non-hydrogen) atoms. The highest BCUT2D eigenvalue weighted by molar-refractivity contribution is 7.99. The van der Waals surface area contributed by atoms with Crippen LogP contribution < -0.4 is 11.1 Å². The third-order valence-electron chi connectivity index (χ3n) is 5.51. The highest BCUT2D eigenvalue weighted by Gasteiger charge is 2.14. The first-order valence-electron chi connectivity index (χ1n) is 12.4. The second-order valence-corrected chi connectivity index (χ2v) is 10.2. The Morgan fingerprint density at radius 3 is 2.14 bits per heavy atom. The lowest BCUT2D eigenvalue weighted by Crippen LogP contribution is -2.38. The third-order valence-corrected chi connectivity index (χ3v) is 6.48. The van der Waals surface area contributed by atoms with Crippen molar-refractivity contribution < 1.29 is 0 Å². The van der Waals surface area contributed by atoms with Crippen LogP contribution in [0.4, 0.5) is 5.82 Å². The van der Waals surface area contributed by atoms with Gasteiger partial charge in [0.15, 0.2) is 0 Å². The number of allylic oxidation sites excluding steroid dienone is 7. The standard InChI is InChI=1S/C29H43N5S/c1-23(2)11-8-12-24(3)13-9-14-25(4)15-10-16-26(5)18-20-35-21-27(29(31)33-22-30)34-28-17-6-7-19-32-28/h6-7,11,13,15,17-19,27H,8-10,12,14,16,20-21H2,1-5H3,(H2,31,33)(H,32,34)/b24-13+,25-15+,26-18+. The van der Waals surface area contributed by atoms with Gasteiger partial charge in [0.05, 0.1) is 6.04 Å². The van der Waals surface area contributed by atoms with E-state index in [9.17, 15) is 0 Å². The molecule has 0 amide bonds. The highest BCUT2D eigenvalue weighted by Crippen LogP contribution is 2.15. The fraction of sp³-hybridized carbons (Fsp3) is 0.483. The van der Waals surface area contributed by atoms with Crippen LogP contribution in [0.3, 0.4) is 0 Å². The largest absolute Gasteiger partial charge is 0.385 e. The number of amidine groups is 1. The van der Waals surface area contributed by atoms with E-state index < -0.39 is 0 Å². The van der Waals surface area contributed by atoms with Crippen LogP contribution in [0.15, 0.2) is 76.0 Å². The summed E-state index contributed by atoms with van der Waals surface area (Å²) in [6.45, 7) is 11.0. The number of nitrogens with one attached hydrogen (secondary N) is 1. The van der Waals surface area contributed by atoms with E-state index in [1.807, 2.05) is 18.2 Å². The van der Waals surface area contributed by atoms with Crippen LogP contribution in [-0.2, 0) is 0 Å². The molecule has 0 aromatic carbocycles. The van der Waals surface area contributed by atoms with E-state index in [-0.39, 0.29) is 11.9 Å². The molecule has 5 nitrogen and oxygen atoms in total. The zero-order chi connectivity index (χ0) is 25.9. The lowest BCUT2D eigenvalue weighted by Gasteiger charge is -2.17. The Morgan fingerprint density at radius 1 is 1.00 bits per heavy atom. The Kier molecular flexibility index (Phi) is 16.0. The van der Waals surface area contributed by atoms with Gasteiger partial charge in [-0.3, -0.25) is 0 Å². The molecule has 3 N–H and O–H groups in total. The van der Waals surface area contributed by atoms with E-state index in [2.05, 4.69) is 74.2 Å². The van der Waals surface area contributed by atoms with Crippen molar-refractivity contribution in [2.45, 2.75) is 79.2 Å². The van der Waals surface area contributed by atoms with Gasteiger partial charge in [-0.2, -0.15) is 22.0 Å². The minimum absolute atomic E-state index is 0.237. The number of rotatable bonds is 16. The molecule has 1 aromatic heterocycles. The molecule has 6 heteroatoms. The predicted molar refractivity (Wildman–Crippen MR) is 155 cm³/mol. The molecule has 1 aromatic rings. The number of anilines is 1. The Morgan fingerprint density at radius 2 is 1.60 bits per heavy atom. The molecular weight excluding hydrogens is 450 g/mol. The molecule has 0 aliphatic carbocycles. The van der Waals surface area contributed by atoms with E-state index in [4.69, 9.17) is 11.0 Å². The van der Waals surface area contributed by atoms with E-state index in [0.29, 0.717) is 5.75 Å². The predicted octanol–water partition coefficient (Wildman–Crippen LogP) is 7.58. The molecule has 0 bridgehead atoms. The molecule has 0 saturated heterocycles. The van der Waals surface area contributed by atoms with Gasteiger partial charge < -0.3 is 11.1 Å². The van der Waals surface area contributed by atoms with Gasteiger partial charge >= 0.3 is 0 Å². The van der Waals surface area contributed by atoms with Gasteiger partial charge in [-0.15, -0.1) is 0 Å². The zero-order valence-electron chi connectivity index (χ0n) is 22.2. The van der Waals surface area contributed by atoms with Crippen molar-refractivity contribution in [3.63, 3.8) is 0 Å². The summed E-state index contributed by atoms with van der Waals surface area (Å²) < 4.78 is 0. The van der Waals surface area contributed by atoms with Crippen LogP contribution >= 0.6 is 11.8 Å². The van der Waals surface area contributed by atoms with Crippen molar-refractivity contribution >= 4 is 23.4 Å². The summed E-state index contributed by atoms with van der Waals surface area (Å²) in [5, 5.41) is 12.1. The second-order valence-electron chi connectivity index (χ2n) is 9.13. The van der Waals surface area contributed by atoms with Crippen molar-refractivity contribution in [3.05, 3.63) is 71.0 Å². The molecule has 0 radical (unpaired) electrons. The summed E-state index contributed by atoms with van der Waals surface area (Å²) in [5.74, 6) is 2.60. The first-order valence-corrected chi connectivity index (χ1v) is 13.5. The Bertz CT molecular complexity index is 932. The molecule has 1 heterocycles. The maximum absolute atomic E-state index is 8.85. The molecule has 0 fully saturated rings. The monoisotopic (exact) mass is 493 g/mol. The highest BCUT2D eigenvalue weighted by atomic mass is 32.2. The summed E-state index contributed by atoms with van der Waals surface area (Å²) in [7, 11) is 0. The Balaban J connectivity index is 2.37. The fourth-order valence-electron chi connectivity index (χ4n) is 3.34. The molecule has 0 spiro atoms. The maximum atomic E-state index is 8.85. The van der Waals surface area contributed by atoms with Gasteiger partial charge in [0.1, 0.15) is 11.7 Å². The minimum Gasteiger partial charge on any atom is -0.385 e. The number of aliphatic imine (C=N–C) groups is 1. The summed E-state index contributed by atoms with van der Waals surface area (Å²) in [6, 6.07) is 5.40. The molecule has 190 valence electrons. The summed E-state index contributed by atoms with van der Waals surface area (Å²) >= 11 is 1.76. The Hall–Kier alpha value is -2.78. The first kappa shape index (κ1) is 30.3. The average Bonchev–Trinajstić information content (AvgIpc) is 2.81. The zero-order valence-corrected chi connectivity index (χ0v) is 23.0. The van der Waals surface area contributed by atoms with Crippen LogP contribution in [0.25, 0.3) is 0 Å². The fourth-order valence-corrected chi connectivity index (χ4v) is 4.37. The van der Waals surface area contributed by atoms with Crippen LogP contribution in [0.5, 0.6) is 0 Å². The van der Waals surface area contributed by atoms with Gasteiger partial charge in [-0.1, -0.05) is 52.7 Å². The molecular formula is C29H43N5S. The number of hydrogen-bond donors (Lipinski definition) is 2. The van der Waals surface area contributed by atoms with Gasteiger partial charge in [0.2, 0.25) is 6.19 Å². The van der Waals surface area contributed by atoms with Crippen LogP contribution in [0.1, 0.15) is 73.1 Å². The summed E-state index contributed by atoms with van der Waals surface area (Å²) in [6.07, 6.45) is 19.6. The maximum Gasteiger partial charge on any atom is 0.207 e. The normalized spacial score (nSPS) is 13.8. The summed E-state index contributed by atoms with van der Waals surface area (Å²) in [4.78, 5) is 7.98. The van der Waals surface area contributed by atoms with E-state index in [1.54, 1.807) is 24.2 Å². The first-order chi connectivity index (χ1) is 16.8. The Labute approximate surface area is 217 Å². The van der Waals surface area contributed by atoms with Crippen molar-refractivity contribution in [2.75, 3.05) is 16.8 Å². The van der Waals surface area contributed by atoms with Crippen molar-refractivity contribution in [2.24, 2.45) is 10.7 Å². The number of nitriles is 1. The lowest BCUT2D eigenvalue weighted by molar-refractivity contribution is 0.899. The van der Waals surface area contributed by atoms with Crippen LogP contribution in [0.2, 0.25) is 0 Å². The SMILES string of the molecule is CC(C)=CCC/C(C)=C/CC/C(C)=C/CC/C(C)=C/CSCC(Nc1ccccn1)C(N)=NC#N. The quantitative estimate of drug-likeness (QED) is 0.0814. The molecule has 0 aliphatic rings. The van der Waals surface area contributed by atoms with Crippen molar-refractivity contribution in [1.82, 2.24) is 4.98 Å². The van der Waals surface area contributed by atoms with Gasteiger partial charge in [-0.25, -0.2) is 4.98 Å². The molecule has 1 rings (SSSR count). The van der Waals surface area contributed by atoms with Crippen LogP contribution in [-0.4, -0.2) is 28.4 Å².